The molecule has 5 nitrogen and oxygen atoms in total. The molecule has 0 spiro atoms. The molecule has 1 aliphatic heterocycles. The number of carboxylic acid groups (broad SMARTS) is 2. The average molecular weight is 299 g/mol. The van der Waals surface area contributed by atoms with Crippen molar-refractivity contribution >= 4 is 11.9 Å². The van der Waals surface area contributed by atoms with Crippen molar-refractivity contribution in [2.24, 2.45) is 11.8 Å². The monoisotopic (exact) mass is 299 g/mol. The zero-order valence-electron chi connectivity index (χ0n) is 11.1. The lowest BCUT2D eigenvalue weighted by Gasteiger charge is -2.34. The Hall–Kier alpha value is -2.02. The van der Waals surface area contributed by atoms with Gasteiger partial charge in [-0.15, -0.1) is 0 Å². The van der Waals surface area contributed by atoms with Gasteiger partial charge < -0.3 is 10.2 Å². The highest BCUT2D eigenvalue weighted by molar-refractivity contribution is 5.80. The number of halogens is 2. The number of likely N-dealkylation sites (tertiary alicyclic amines) is 1. The Morgan fingerprint density at radius 1 is 1.14 bits per heavy atom. The summed E-state index contributed by atoms with van der Waals surface area (Å²) in [5.41, 5.74) is 0.520. The molecule has 1 fully saturated rings. The summed E-state index contributed by atoms with van der Waals surface area (Å²) in [7, 11) is 0. The van der Waals surface area contributed by atoms with Crippen molar-refractivity contribution in [3.63, 3.8) is 0 Å². The van der Waals surface area contributed by atoms with Crippen molar-refractivity contribution < 1.29 is 28.6 Å². The van der Waals surface area contributed by atoms with Crippen molar-refractivity contribution in [3.05, 3.63) is 35.4 Å². The van der Waals surface area contributed by atoms with E-state index in [0.717, 1.165) is 12.1 Å². The molecule has 0 aliphatic carbocycles. The number of carbonyl (C=O) groups is 2. The van der Waals surface area contributed by atoms with Gasteiger partial charge in [0.15, 0.2) is 11.6 Å². The quantitative estimate of drug-likeness (QED) is 0.882. The lowest BCUT2D eigenvalue weighted by atomic mass is 9.85. The smallest absolute Gasteiger partial charge is 0.308 e. The van der Waals surface area contributed by atoms with E-state index in [0.29, 0.717) is 12.1 Å². The number of carboxylic acids is 2. The molecule has 1 aliphatic rings. The van der Waals surface area contributed by atoms with Gasteiger partial charge in [-0.05, 0) is 30.7 Å². The minimum absolute atomic E-state index is 0.0747. The lowest BCUT2D eigenvalue weighted by molar-refractivity contribution is -0.157. The van der Waals surface area contributed by atoms with Crippen LogP contribution in [0.3, 0.4) is 0 Å². The van der Waals surface area contributed by atoms with Gasteiger partial charge in [0.25, 0.3) is 0 Å². The standard InChI is InChI=1S/C14H15F2NO4/c15-11-2-1-8(5-12(11)16)6-17-4-3-9(13(18)19)10(7-17)14(20)21/h1-2,5,9-10H,3-4,6-7H2,(H,18,19)(H,20,21). The molecule has 1 saturated heterocycles. The zero-order chi connectivity index (χ0) is 15.6. The molecule has 0 bridgehead atoms. The SMILES string of the molecule is O=C(O)C1CCN(Cc2ccc(F)c(F)c2)CC1C(=O)O. The summed E-state index contributed by atoms with van der Waals surface area (Å²) >= 11 is 0. The zero-order valence-corrected chi connectivity index (χ0v) is 11.1. The van der Waals surface area contributed by atoms with E-state index >= 15 is 0 Å². The normalized spacial score (nSPS) is 23.0. The second kappa shape index (κ2) is 6.17. The van der Waals surface area contributed by atoms with E-state index in [1.807, 2.05) is 0 Å². The first-order chi connectivity index (χ1) is 9.88. The number of piperidine rings is 1. The van der Waals surface area contributed by atoms with Crippen LogP contribution in [0.25, 0.3) is 0 Å². The maximum Gasteiger partial charge on any atom is 0.308 e. The van der Waals surface area contributed by atoms with E-state index in [9.17, 15) is 18.4 Å². The van der Waals surface area contributed by atoms with E-state index < -0.39 is 35.4 Å². The van der Waals surface area contributed by atoms with Crippen LogP contribution in [-0.2, 0) is 16.1 Å². The molecule has 2 rings (SSSR count). The van der Waals surface area contributed by atoms with Crippen molar-refractivity contribution in [2.75, 3.05) is 13.1 Å². The van der Waals surface area contributed by atoms with Crippen LogP contribution in [0.2, 0.25) is 0 Å². The predicted octanol–water partition coefficient (Wildman–Crippen LogP) is 1.57. The fourth-order valence-corrected chi connectivity index (χ4v) is 2.61. The van der Waals surface area contributed by atoms with Gasteiger partial charge in [-0.1, -0.05) is 6.07 Å². The van der Waals surface area contributed by atoms with Gasteiger partial charge in [-0.25, -0.2) is 8.78 Å². The molecule has 0 aromatic heterocycles. The van der Waals surface area contributed by atoms with Gasteiger partial charge in [0.2, 0.25) is 0 Å². The largest absolute Gasteiger partial charge is 0.481 e. The van der Waals surface area contributed by atoms with Crippen LogP contribution in [0.15, 0.2) is 18.2 Å². The summed E-state index contributed by atoms with van der Waals surface area (Å²) < 4.78 is 26.0. The van der Waals surface area contributed by atoms with Gasteiger partial charge in [-0.2, -0.15) is 0 Å². The summed E-state index contributed by atoms with van der Waals surface area (Å²) in [6.45, 7) is 0.734. The lowest BCUT2D eigenvalue weighted by Crippen LogP contribution is -2.46. The average Bonchev–Trinajstić information content (AvgIpc) is 2.42. The van der Waals surface area contributed by atoms with E-state index in [1.165, 1.54) is 6.07 Å². The van der Waals surface area contributed by atoms with Gasteiger partial charge in [0.1, 0.15) is 0 Å². The Morgan fingerprint density at radius 3 is 2.38 bits per heavy atom. The Labute approximate surface area is 119 Å². The minimum Gasteiger partial charge on any atom is -0.481 e. The molecule has 0 saturated carbocycles. The molecule has 1 aromatic carbocycles. The van der Waals surface area contributed by atoms with Crippen molar-refractivity contribution in [1.29, 1.82) is 0 Å². The molecule has 2 unspecified atom stereocenters. The summed E-state index contributed by atoms with van der Waals surface area (Å²) in [6.07, 6.45) is 0.218. The van der Waals surface area contributed by atoms with Gasteiger partial charge in [0, 0.05) is 13.1 Å². The van der Waals surface area contributed by atoms with Crippen LogP contribution < -0.4 is 0 Å². The fraction of sp³-hybridized carbons (Fsp3) is 0.429. The van der Waals surface area contributed by atoms with Crippen LogP contribution in [0.5, 0.6) is 0 Å². The predicted molar refractivity (Wildman–Crippen MR) is 68.5 cm³/mol. The molecule has 21 heavy (non-hydrogen) atoms. The topological polar surface area (TPSA) is 77.8 Å². The summed E-state index contributed by atoms with van der Waals surface area (Å²) in [5, 5.41) is 18.1. The number of nitrogens with zero attached hydrogens (tertiary/aromatic N) is 1. The molecular weight excluding hydrogens is 284 g/mol. The van der Waals surface area contributed by atoms with E-state index in [-0.39, 0.29) is 19.5 Å². The van der Waals surface area contributed by atoms with Crippen molar-refractivity contribution in [2.45, 2.75) is 13.0 Å². The third-order valence-corrected chi connectivity index (χ3v) is 3.72. The Bertz CT molecular complexity index is 564. The third-order valence-electron chi connectivity index (χ3n) is 3.72. The van der Waals surface area contributed by atoms with E-state index in [4.69, 9.17) is 10.2 Å². The molecular formula is C14H15F2NO4. The number of hydrogen-bond donors (Lipinski definition) is 2. The molecule has 0 radical (unpaired) electrons. The van der Waals surface area contributed by atoms with Crippen LogP contribution in [0.4, 0.5) is 8.78 Å². The molecule has 1 heterocycles. The van der Waals surface area contributed by atoms with Crippen molar-refractivity contribution in [1.82, 2.24) is 4.90 Å². The molecule has 1 aromatic rings. The molecule has 7 heteroatoms. The second-order valence-corrected chi connectivity index (χ2v) is 5.16. The van der Waals surface area contributed by atoms with E-state index in [1.54, 1.807) is 4.90 Å². The first-order valence-corrected chi connectivity index (χ1v) is 6.50. The van der Waals surface area contributed by atoms with E-state index in [2.05, 4.69) is 0 Å². The Morgan fingerprint density at radius 2 is 1.81 bits per heavy atom. The molecule has 114 valence electrons. The van der Waals surface area contributed by atoms with Crippen LogP contribution in [0.1, 0.15) is 12.0 Å². The number of benzene rings is 1. The van der Waals surface area contributed by atoms with Crippen LogP contribution >= 0.6 is 0 Å². The van der Waals surface area contributed by atoms with Gasteiger partial charge in [-0.3, -0.25) is 14.5 Å². The number of hydrogen-bond acceptors (Lipinski definition) is 3. The summed E-state index contributed by atoms with van der Waals surface area (Å²) in [6, 6.07) is 3.51. The second-order valence-electron chi connectivity index (χ2n) is 5.16. The molecule has 2 atom stereocenters. The highest BCUT2D eigenvalue weighted by Gasteiger charge is 2.38. The molecule has 2 N–H and O–H groups in total. The van der Waals surface area contributed by atoms with Crippen LogP contribution in [0, 0.1) is 23.5 Å². The molecule has 0 amide bonds. The highest BCUT2D eigenvalue weighted by Crippen LogP contribution is 2.25. The summed E-state index contributed by atoms with van der Waals surface area (Å²) in [4.78, 5) is 24.0. The first kappa shape index (κ1) is 15.4. The number of rotatable bonds is 4. The van der Waals surface area contributed by atoms with Crippen molar-refractivity contribution in [3.8, 4) is 0 Å². The maximum absolute atomic E-state index is 13.1. The summed E-state index contributed by atoms with van der Waals surface area (Å²) in [5.74, 6) is -6.08. The maximum atomic E-state index is 13.1. The van der Waals surface area contributed by atoms with Gasteiger partial charge in [0.05, 0.1) is 11.8 Å². The first-order valence-electron chi connectivity index (χ1n) is 6.50. The third kappa shape index (κ3) is 3.55. The van der Waals surface area contributed by atoms with Crippen LogP contribution in [-0.4, -0.2) is 40.1 Å². The Balaban J connectivity index is 2.07. The van der Waals surface area contributed by atoms with Gasteiger partial charge >= 0.3 is 11.9 Å². The highest BCUT2D eigenvalue weighted by atomic mass is 19.2. The number of aliphatic carboxylic acids is 2. The minimum atomic E-state index is -1.16. The Kier molecular flexibility index (Phi) is 4.52. The fourth-order valence-electron chi connectivity index (χ4n) is 2.61.